The fourth-order valence-electron chi connectivity index (χ4n) is 2.16. The van der Waals surface area contributed by atoms with Gasteiger partial charge in [0.05, 0.1) is 11.2 Å². The van der Waals surface area contributed by atoms with Crippen molar-refractivity contribution < 1.29 is 0 Å². The van der Waals surface area contributed by atoms with Crippen molar-refractivity contribution in [3.63, 3.8) is 0 Å². The van der Waals surface area contributed by atoms with Gasteiger partial charge in [-0.3, -0.25) is 9.97 Å². The van der Waals surface area contributed by atoms with Gasteiger partial charge in [0.2, 0.25) is 0 Å². The summed E-state index contributed by atoms with van der Waals surface area (Å²) in [7, 11) is 0. The van der Waals surface area contributed by atoms with Crippen LogP contribution in [0.25, 0.3) is 10.9 Å². The summed E-state index contributed by atoms with van der Waals surface area (Å²) in [4.78, 5) is 8.64. The quantitative estimate of drug-likeness (QED) is 0.771. The van der Waals surface area contributed by atoms with Gasteiger partial charge in [-0.1, -0.05) is 24.3 Å². The SMILES string of the molecule is Cc1cncc(NCc2cccc3cccnc23)c1. The topological polar surface area (TPSA) is 37.8 Å². The van der Waals surface area contributed by atoms with Crippen molar-refractivity contribution >= 4 is 16.6 Å². The van der Waals surface area contributed by atoms with Gasteiger partial charge in [0.1, 0.15) is 0 Å². The number of anilines is 1. The number of aryl methyl sites for hydroxylation is 1. The van der Waals surface area contributed by atoms with Crippen molar-refractivity contribution in [3.05, 3.63) is 66.1 Å². The van der Waals surface area contributed by atoms with Crippen LogP contribution in [0.4, 0.5) is 5.69 Å². The summed E-state index contributed by atoms with van der Waals surface area (Å²) in [6, 6.07) is 12.4. The second-order valence-electron chi connectivity index (χ2n) is 4.60. The molecule has 0 unspecified atom stereocenters. The highest BCUT2D eigenvalue weighted by atomic mass is 14.9. The Morgan fingerprint density at radius 2 is 2.00 bits per heavy atom. The summed E-state index contributed by atoms with van der Waals surface area (Å²) in [5.41, 5.74) is 4.44. The first-order valence-electron chi connectivity index (χ1n) is 6.31. The molecule has 3 rings (SSSR count). The van der Waals surface area contributed by atoms with Gasteiger partial charge >= 0.3 is 0 Å². The first-order valence-corrected chi connectivity index (χ1v) is 6.31. The largest absolute Gasteiger partial charge is 0.380 e. The Hall–Kier alpha value is -2.42. The number of aromatic nitrogens is 2. The molecule has 3 aromatic rings. The smallest absolute Gasteiger partial charge is 0.0751 e. The second kappa shape index (κ2) is 5.06. The van der Waals surface area contributed by atoms with Gasteiger partial charge in [0.15, 0.2) is 0 Å². The summed E-state index contributed by atoms with van der Waals surface area (Å²) in [6.07, 6.45) is 5.52. The van der Waals surface area contributed by atoms with Gasteiger partial charge in [-0.05, 0) is 30.2 Å². The number of rotatable bonds is 3. The number of pyridine rings is 2. The minimum atomic E-state index is 0.749. The van der Waals surface area contributed by atoms with Crippen LogP contribution in [-0.2, 0) is 6.54 Å². The highest BCUT2D eigenvalue weighted by Gasteiger charge is 2.01. The molecule has 0 saturated carbocycles. The molecule has 2 aromatic heterocycles. The standard InChI is InChI=1S/C16H15N3/c1-12-8-15(11-17-9-12)19-10-14-5-2-4-13-6-3-7-18-16(13)14/h2-9,11,19H,10H2,1H3. The number of nitrogens with one attached hydrogen (secondary N) is 1. The molecule has 3 heteroatoms. The van der Waals surface area contributed by atoms with Crippen molar-refractivity contribution in [2.24, 2.45) is 0 Å². The highest BCUT2D eigenvalue weighted by Crippen LogP contribution is 2.17. The number of fused-ring (bicyclic) bond motifs is 1. The van der Waals surface area contributed by atoms with Crippen molar-refractivity contribution in [2.45, 2.75) is 13.5 Å². The van der Waals surface area contributed by atoms with Crippen molar-refractivity contribution in [1.82, 2.24) is 9.97 Å². The molecular formula is C16H15N3. The second-order valence-corrected chi connectivity index (χ2v) is 4.60. The fourth-order valence-corrected chi connectivity index (χ4v) is 2.16. The molecule has 0 aliphatic rings. The Balaban J connectivity index is 1.86. The van der Waals surface area contributed by atoms with Crippen LogP contribution in [0.1, 0.15) is 11.1 Å². The number of nitrogens with zero attached hydrogens (tertiary/aromatic N) is 2. The van der Waals surface area contributed by atoms with E-state index in [1.54, 1.807) is 0 Å². The van der Waals surface area contributed by atoms with E-state index < -0.39 is 0 Å². The predicted octanol–water partition coefficient (Wildman–Crippen LogP) is 3.55. The molecule has 1 N–H and O–H groups in total. The number of benzene rings is 1. The van der Waals surface area contributed by atoms with Crippen molar-refractivity contribution in [3.8, 4) is 0 Å². The Labute approximate surface area is 112 Å². The molecular weight excluding hydrogens is 234 g/mol. The number of hydrogen-bond donors (Lipinski definition) is 1. The molecule has 0 aliphatic heterocycles. The highest BCUT2D eigenvalue weighted by molar-refractivity contribution is 5.81. The molecule has 0 spiro atoms. The Bertz CT molecular complexity index is 702. The molecule has 0 atom stereocenters. The molecule has 0 fully saturated rings. The minimum absolute atomic E-state index is 0.749. The van der Waals surface area contributed by atoms with Crippen LogP contribution >= 0.6 is 0 Å². The average molecular weight is 249 g/mol. The van der Waals surface area contributed by atoms with Crippen LogP contribution in [0.5, 0.6) is 0 Å². The lowest BCUT2D eigenvalue weighted by atomic mass is 10.1. The molecule has 0 saturated heterocycles. The van der Waals surface area contributed by atoms with Gasteiger partial charge in [-0.15, -0.1) is 0 Å². The van der Waals surface area contributed by atoms with Crippen LogP contribution in [0.2, 0.25) is 0 Å². The van der Waals surface area contributed by atoms with Gasteiger partial charge in [0.25, 0.3) is 0 Å². The Morgan fingerprint density at radius 1 is 1.11 bits per heavy atom. The lowest BCUT2D eigenvalue weighted by Gasteiger charge is -2.08. The van der Waals surface area contributed by atoms with Gasteiger partial charge in [-0.25, -0.2) is 0 Å². The van der Waals surface area contributed by atoms with Crippen LogP contribution in [0, 0.1) is 6.92 Å². The van der Waals surface area contributed by atoms with E-state index in [9.17, 15) is 0 Å². The van der Waals surface area contributed by atoms with E-state index in [2.05, 4.69) is 45.6 Å². The number of para-hydroxylation sites is 1. The van der Waals surface area contributed by atoms with Crippen LogP contribution in [0.15, 0.2) is 55.0 Å². The van der Waals surface area contributed by atoms with E-state index in [-0.39, 0.29) is 0 Å². The van der Waals surface area contributed by atoms with Crippen LogP contribution in [-0.4, -0.2) is 9.97 Å². The predicted molar refractivity (Wildman–Crippen MR) is 78.0 cm³/mol. The molecule has 2 heterocycles. The molecule has 0 bridgehead atoms. The Morgan fingerprint density at radius 3 is 2.89 bits per heavy atom. The third-order valence-electron chi connectivity index (χ3n) is 3.07. The van der Waals surface area contributed by atoms with Crippen LogP contribution in [0.3, 0.4) is 0 Å². The fraction of sp³-hybridized carbons (Fsp3) is 0.125. The molecule has 19 heavy (non-hydrogen) atoms. The third-order valence-corrected chi connectivity index (χ3v) is 3.07. The molecule has 94 valence electrons. The maximum Gasteiger partial charge on any atom is 0.0751 e. The van der Waals surface area contributed by atoms with E-state index in [4.69, 9.17) is 0 Å². The van der Waals surface area contributed by atoms with E-state index in [0.29, 0.717) is 0 Å². The summed E-state index contributed by atoms with van der Waals surface area (Å²) in [5, 5.41) is 4.56. The Kier molecular flexibility index (Phi) is 3.11. The number of hydrogen-bond acceptors (Lipinski definition) is 3. The maximum atomic E-state index is 4.46. The molecule has 0 radical (unpaired) electrons. The van der Waals surface area contributed by atoms with E-state index >= 15 is 0 Å². The average Bonchev–Trinajstić information content (AvgIpc) is 2.45. The first-order chi connectivity index (χ1) is 9.33. The minimum Gasteiger partial charge on any atom is -0.380 e. The summed E-state index contributed by atoms with van der Waals surface area (Å²) >= 11 is 0. The summed E-state index contributed by atoms with van der Waals surface area (Å²) in [5.74, 6) is 0. The zero-order valence-electron chi connectivity index (χ0n) is 10.8. The summed E-state index contributed by atoms with van der Waals surface area (Å²) < 4.78 is 0. The molecule has 0 amide bonds. The third kappa shape index (κ3) is 2.55. The van der Waals surface area contributed by atoms with E-state index in [1.807, 2.05) is 31.6 Å². The monoisotopic (exact) mass is 249 g/mol. The normalized spacial score (nSPS) is 10.6. The van der Waals surface area contributed by atoms with Gasteiger partial charge in [0, 0.05) is 30.5 Å². The van der Waals surface area contributed by atoms with Gasteiger partial charge in [-0.2, -0.15) is 0 Å². The molecule has 1 aromatic carbocycles. The molecule has 0 aliphatic carbocycles. The van der Waals surface area contributed by atoms with E-state index in [1.165, 1.54) is 10.9 Å². The lowest BCUT2D eigenvalue weighted by Crippen LogP contribution is -2.01. The van der Waals surface area contributed by atoms with Crippen LogP contribution < -0.4 is 5.32 Å². The molecule has 3 nitrogen and oxygen atoms in total. The van der Waals surface area contributed by atoms with E-state index in [0.717, 1.165) is 23.3 Å². The summed E-state index contributed by atoms with van der Waals surface area (Å²) in [6.45, 7) is 2.79. The first kappa shape index (κ1) is 11.7. The zero-order chi connectivity index (χ0) is 13.1. The van der Waals surface area contributed by atoms with Crippen molar-refractivity contribution in [2.75, 3.05) is 5.32 Å². The zero-order valence-corrected chi connectivity index (χ0v) is 10.8. The van der Waals surface area contributed by atoms with Gasteiger partial charge < -0.3 is 5.32 Å². The van der Waals surface area contributed by atoms with Crippen molar-refractivity contribution in [1.29, 1.82) is 0 Å². The maximum absolute atomic E-state index is 4.46. The lowest BCUT2D eigenvalue weighted by molar-refractivity contribution is 1.13.